The Morgan fingerprint density at radius 1 is 1.47 bits per heavy atom. The largest absolute Gasteiger partial charge is 0.497 e. The molecule has 1 N–H and O–H groups in total. The highest BCUT2D eigenvalue weighted by atomic mass is 32.2. The maximum Gasteiger partial charge on any atom is 0.119 e. The number of fused-ring (bicyclic) bond motifs is 1. The molecule has 2 rings (SSSR count). The first-order valence-corrected chi connectivity index (χ1v) is 8.43. The lowest BCUT2D eigenvalue weighted by atomic mass is 9.88. The molecule has 1 aliphatic rings. The summed E-state index contributed by atoms with van der Waals surface area (Å²) in [4.78, 5) is 0. The molecule has 19 heavy (non-hydrogen) atoms. The Labute approximate surface area is 118 Å². The summed E-state index contributed by atoms with van der Waals surface area (Å²) in [6, 6.07) is 6.85. The lowest BCUT2D eigenvalue weighted by Gasteiger charge is -2.27. The maximum atomic E-state index is 11.4. The van der Waals surface area contributed by atoms with E-state index in [1.807, 2.05) is 13.0 Å². The van der Waals surface area contributed by atoms with Gasteiger partial charge in [0.25, 0.3) is 0 Å². The summed E-state index contributed by atoms with van der Waals surface area (Å²) in [5, 5.41) is 3.76. The highest BCUT2D eigenvalue weighted by Crippen LogP contribution is 2.25. The van der Waals surface area contributed by atoms with Crippen molar-refractivity contribution in [1.29, 1.82) is 0 Å². The third-order valence-electron chi connectivity index (χ3n) is 3.90. The van der Waals surface area contributed by atoms with Crippen LogP contribution in [0.15, 0.2) is 18.2 Å². The summed E-state index contributed by atoms with van der Waals surface area (Å²) in [6.07, 6.45) is 5.08. The number of rotatable bonds is 5. The van der Waals surface area contributed by atoms with Gasteiger partial charge in [-0.05, 0) is 49.4 Å². The molecule has 3 unspecified atom stereocenters. The first-order valence-electron chi connectivity index (χ1n) is 6.81. The number of nitrogens with one attached hydrogen (secondary N) is 1. The molecule has 1 aromatic rings. The van der Waals surface area contributed by atoms with Gasteiger partial charge in [-0.25, -0.2) is 0 Å². The van der Waals surface area contributed by atoms with Crippen molar-refractivity contribution < 1.29 is 8.95 Å². The van der Waals surface area contributed by atoms with Gasteiger partial charge in [0.1, 0.15) is 5.75 Å². The Kier molecular flexibility index (Phi) is 4.99. The first-order chi connectivity index (χ1) is 9.10. The van der Waals surface area contributed by atoms with Gasteiger partial charge in [-0.3, -0.25) is 4.21 Å². The van der Waals surface area contributed by atoms with Crippen molar-refractivity contribution in [1.82, 2.24) is 5.32 Å². The van der Waals surface area contributed by atoms with Gasteiger partial charge in [0.2, 0.25) is 0 Å². The Morgan fingerprint density at radius 3 is 2.95 bits per heavy atom. The predicted octanol–water partition coefficient (Wildman–Crippen LogP) is 1.91. The van der Waals surface area contributed by atoms with Crippen molar-refractivity contribution in [3.8, 4) is 5.75 Å². The smallest absolute Gasteiger partial charge is 0.119 e. The van der Waals surface area contributed by atoms with Crippen LogP contribution in [0.3, 0.4) is 0 Å². The molecule has 3 nitrogen and oxygen atoms in total. The summed E-state index contributed by atoms with van der Waals surface area (Å²) in [6.45, 7) is 2.86. The number of hydrogen-bond acceptors (Lipinski definition) is 3. The molecule has 0 saturated heterocycles. The van der Waals surface area contributed by atoms with Gasteiger partial charge in [0.15, 0.2) is 0 Å². The lowest BCUT2D eigenvalue weighted by molar-refractivity contribution is 0.411. The van der Waals surface area contributed by atoms with E-state index in [1.165, 1.54) is 11.1 Å². The summed E-state index contributed by atoms with van der Waals surface area (Å²) in [5.41, 5.74) is 2.82. The van der Waals surface area contributed by atoms with E-state index < -0.39 is 10.8 Å². The number of methoxy groups -OCH3 is 1. The zero-order valence-electron chi connectivity index (χ0n) is 11.9. The highest BCUT2D eigenvalue weighted by Gasteiger charge is 2.19. The van der Waals surface area contributed by atoms with Crippen LogP contribution in [0, 0.1) is 0 Å². The van der Waals surface area contributed by atoms with Crippen LogP contribution in [0.25, 0.3) is 0 Å². The minimum atomic E-state index is -0.747. The Hall–Kier alpha value is -0.870. The molecule has 1 aliphatic carbocycles. The Bertz CT molecular complexity index is 461. The van der Waals surface area contributed by atoms with Gasteiger partial charge in [0.05, 0.1) is 7.11 Å². The molecule has 0 amide bonds. The standard InChI is InChI=1S/C15H23NO2S/c1-11(19(3)17)10-16-14-6-4-12-5-7-15(18-2)9-13(12)8-14/h5,7,9,11,14,16H,4,6,8,10H2,1-3H3. The van der Waals surface area contributed by atoms with Gasteiger partial charge >= 0.3 is 0 Å². The monoisotopic (exact) mass is 281 g/mol. The van der Waals surface area contributed by atoms with Crippen LogP contribution < -0.4 is 10.1 Å². The number of ether oxygens (including phenoxy) is 1. The van der Waals surface area contributed by atoms with Gasteiger partial charge in [-0.2, -0.15) is 0 Å². The molecular weight excluding hydrogens is 258 g/mol. The Balaban J connectivity index is 1.95. The van der Waals surface area contributed by atoms with Gasteiger partial charge < -0.3 is 10.1 Å². The van der Waals surface area contributed by atoms with Gasteiger partial charge in [-0.1, -0.05) is 6.07 Å². The van der Waals surface area contributed by atoms with Crippen LogP contribution in [0.4, 0.5) is 0 Å². The molecule has 0 fully saturated rings. The van der Waals surface area contributed by atoms with E-state index in [0.717, 1.165) is 31.6 Å². The number of hydrogen-bond donors (Lipinski definition) is 1. The number of benzene rings is 1. The quantitative estimate of drug-likeness (QED) is 0.896. The fourth-order valence-corrected chi connectivity index (χ4v) is 2.82. The zero-order valence-corrected chi connectivity index (χ0v) is 12.8. The fraction of sp³-hybridized carbons (Fsp3) is 0.600. The van der Waals surface area contributed by atoms with Crippen molar-refractivity contribution in [2.24, 2.45) is 0 Å². The predicted molar refractivity (Wildman–Crippen MR) is 80.3 cm³/mol. The average Bonchev–Trinajstić information content (AvgIpc) is 2.43. The van der Waals surface area contributed by atoms with Gasteiger partial charge in [-0.15, -0.1) is 0 Å². The average molecular weight is 281 g/mol. The Morgan fingerprint density at radius 2 is 2.26 bits per heavy atom. The van der Waals surface area contributed by atoms with E-state index >= 15 is 0 Å². The van der Waals surface area contributed by atoms with Crippen LogP contribution >= 0.6 is 0 Å². The SMILES string of the molecule is COc1ccc2c(c1)CC(NCC(C)S(C)=O)CC2. The second kappa shape index (κ2) is 6.53. The second-order valence-corrected chi connectivity index (χ2v) is 7.09. The first kappa shape index (κ1) is 14.5. The van der Waals surface area contributed by atoms with Crippen LogP contribution in [-0.2, 0) is 23.6 Å². The highest BCUT2D eigenvalue weighted by molar-refractivity contribution is 7.84. The molecular formula is C15H23NO2S. The molecule has 0 aromatic heterocycles. The molecule has 3 atom stereocenters. The molecule has 0 spiro atoms. The van der Waals surface area contributed by atoms with Crippen LogP contribution in [0.1, 0.15) is 24.5 Å². The summed E-state index contributed by atoms with van der Waals surface area (Å²) >= 11 is 0. The van der Waals surface area contributed by atoms with E-state index in [2.05, 4.69) is 17.4 Å². The third-order valence-corrected chi connectivity index (χ3v) is 5.20. The van der Waals surface area contributed by atoms with Gasteiger partial charge in [0, 0.05) is 34.9 Å². The summed E-state index contributed by atoms with van der Waals surface area (Å²) in [5.74, 6) is 0.933. The van der Waals surface area contributed by atoms with E-state index in [4.69, 9.17) is 4.74 Å². The molecule has 4 heteroatoms. The third kappa shape index (κ3) is 3.80. The molecule has 1 aromatic carbocycles. The second-order valence-electron chi connectivity index (χ2n) is 5.29. The molecule has 0 aliphatic heterocycles. The van der Waals surface area contributed by atoms with Crippen LogP contribution in [0.5, 0.6) is 5.75 Å². The number of aryl methyl sites for hydroxylation is 1. The molecule has 0 bridgehead atoms. The van der Waals surface area contributed by atoms with E-state index in [-0.39, 0.29) is 5.25 Å². The van der Waals surface area contributed by atoms with Crippen molar-refractivity contribution in [2.75, 3.05) is 19.9 Å². The van der Waals surface area contributed by atoms with Crippen molar-refractivity contribution in [3.05, 3.63) is 29.3 Å². The normalized spacial score (nSPS) is 21.5. The van der Waals surface area contributed by atoms with E-state index in [9.17, 15) is 4.21 Å². The van der Waals surface area contributed by atoms with Crippen LogP contribution in [0.2, 0.25) is 0 Å². The van der Waals surface area contributed by atoms with E-state index in [1.54, 1.807) is 13.4 Å². The lowest BCUT2D eigenvalue weighted by Crippen LogP contribution is -2.39. The zero-order chi connectivity index (χ0) is 13.8. The molecule has 0 saturated carbocycles. The van der Waals surface area contributed by atoms with E-state index in [0.29, 0.717) is 6.04 Å². The molecule has 0 heterocycles. The van der Waals surface area contributed by atoms with Crippen molar-refractivity contribution in [2.45, 2.75) is 37.5 Å². The summed E-state index contributed by atoms with van der Waals surface area (Å²) < 4.78 is 16.6. The fourth-order valence-electron chi connectivity index (χ4n) is 2.48. The van der Waals surface area contributed by atoms with Crippen molar-refractivity contribution >= 4 is 10.8 Å². The van der Waals surface area contributed by atoms with Crippen LogP contribution in [-0.4, -0.2) is 35.4 Å². The summed E-state index contributed by atoms with van der Waals surface area (Å²) in [7, 11) is 0.959. The topological polar surface area (TPSA) is 38.3 Å². The molecule has 106 valence electrons. The maximum absolute atomic E-state index is 11.4. The molecule has 0 radical (unpaired) electrons. The van der Waals surface area contributed by atoms with Crippen molar-refractivity contribution in [3.63, 3.8) is 0 Å². The minimum absolute atomic E-state index is 0.215. The minimum Gasteiger partial charge on any atom is -0.497 e.